The summed E-state index contributed by atoms with van der Waals surface area (Å²) < 4.78 is 16.1. The van der Waals surface area contributed by atoms with E-state index in [2.05, 4.69) is 0 Å². The topological polar surface area (TPSA) is 88.6 Å². The van der Waals surface area contributed by atoms with E-state index in [1.165, 1.54) is 7.11 Å². The van der Waals surface area contributed by atoms with Crippen LogP contribution in [0.3, 0.4) is 0 Å². The Bertz CT molecular complexity index is 1160. The molecule has 1 unspecified atom stereocenters. The summed E-state index contributed by atoms with van der Waals surface area (Å²) in [7, 11) is 1.34. The van der Waals surface area contributed by atoms with E-state index in [4.69, 9.17) is 14.2 Å². The number of methoxy groups -OCH3 is 1. The first kappa shape index (κ1) is 23.0. The van der Waals surface area contributed by atoms with E-state index in [1.54, 1.807) is 29.2 Å². The molecule has 2 atom stereocenters. The van der Waals surface area contributed by atoms with Gasteiger partial charge in [-0.2, -0.15) is 0 Å². The molecule has 1 saturated carbocycles. The number of esters is 1. The number of ether oxygens (including phenoxy) is 3. The van der Waals surface area contributed by atoms with Gasteiger partial charge in [-0.3, -0.25) is 4.90 Å². The molecule has 1 aliphatic carbocycles. The van der Waals surface area contributed by atoms with Crippen LogP contribution in [0.25, 0.3) is 0 Å². The molecular weight excluding hydrogens is 450 g/mol. The quantitative estimate of drug-likeness (QED) is 0.609. The Morgan fingerprint density at radius 2 is 1.60 bits per heavy atom. The predicted octanol–water partition coefficient (Wildman–Crippen LogP) is 4.27. The third-order valence-corrected chi connectivity index (χ3v) is 6.63. The van der Waals surface area contributed by atoms with E-state index < -0.39 is 11.6 Å². The molecule has 2 saturated heterocycles. The number of carbonyl (C=O) groups excluding carboxylic acids is 3. The number of nitrogens with zero attached hydrogens (tertiary/aromatic N) is 3. The second-order valence-electron chi connectivity index (χ2n) is 10.1. The fourth-order valence-electron chi connectivity index (χ4n) is 4.92. The first-order valence-corrected chi connectivity index (χ1v) is 11.7. The molecule has 0 radical (unpaired) electrons. The van der Waals surface area contributed by atoms with Gasteiger partial charge in [0.05, 0.1) is 24.3 Å². The Labute approximate surface area is 204 Å². The van der Waals surface area contributed by atoms with Gasteiger partial charge in [0.25, 0.3) is 0 Å². The highest BCUT2D eigenvalue weighted by Crippen LogP contribution is 2.55. The van der Waals surface area contributed by atoms with Crippen molar-refractivity contribution in [2.45, 2.75) is 44.4 Å². The summed E-state index contributed by atoms with van der Waals surface area (Å²) >= 11 is 0. The van der Waals surface area contributed by atoms with E-state index in [0.717, 1.165) is 12.1 Å². The van der Waals surface area contributed by atoms with Gasteiger partial charge in [0.2, 0.25) is 0 Å². The van der Waals surface area contributed by atoms with Crippen LogP contribution in [0.4, 0.5) is 15.3 Å². The molecule has 0 bridgehead atoms. The molecule has 2 aromatic rings. The van der Waals surface area contributed by atoms with Gasteiger partial charge in [0.15, 0.2) is 0 Å². The van der Waals surface area contributed by atoms with Crippen molar-refractivity contribution >= 4 is 23.8 Å². The fraction of sp³-hybridized carbons (Fsp3) is 0.423. The van der Waals surface area contributed by atoms with Gasteiger partial charge in [0, 0.05) is 25.3 Å². The van der Waals surface area contributed by atoms with Crippen molar-refractivity contribution in [1.82, 2.24) is 9.80 Å². The van der Waals surface area contributed by atoms with Crippen molar-refractivity contribution in [2.24, 2.45) is 0 Å². The largest absolute Gasteiger partial charge is 0.465 e. The molecule has 0 aromatic heterocycles. The van der Waals surface area contributed by atoms with E-state index in [0.29, 0.717) is 36.7 Å². The summed E-state index contributed by atoms with van der Waals surface area (Å²) in [6.07, 6.45) is 0.493. The highest BCUT2D eigenvalue weighted by atomic mass is 16.6. The van der Waals surface area contributed by atoms with Gasteiger partial charge in [-0.25, -0.2) is 14.4 Å². The maximum atomic E-state index is 13.2. The number of hydrogen-bond acceptors (Lipinski definition) is 6. The second kappa shape index (κ2) is 8.18. The maximum Gasteiger partial charge on any atom is 0.410 e. The third kappa shape index (κ3) is 4.15. The lowest BCUT2D eigenvalue weighted by Crippen LogP contribution is -2.57. The van der Waals surface area contributed by atoms with Crippen LogP contribution in [-0.4, -0.2) is 71.8 Å². The summed E-state index contributed by atoms with van der Waals surface area (Å²) in [5, 5.41) is 0. The molecular formula is C26H29N3O6. The average Bonchev–Trinajstić information content (AvgIpc) is 3.45. The molecule has 2 aromatic carbocycles. The maximum absolute atomic E-state index is 13.2. The van der Waals surface area contributed by atoms with Gasteiger partial charge in [0.1, 0.15) is 17.1 Å². The minimum absolute atomic E-state index is 0.0258. The van der Waals surface area contributed by atoms with Crippen LogP contribution in [0.1, 0.15) is 37.6 Å². The van der Waals surface area contributed by atoms with Gasteiger partial charge in [-0.1, -0.05) is 0 Å². The van der Waals surface area contributed by atoms with Gasteiger partial charge in [-0.05, 0) is 75.7 Å². The van der Waals surface area contributed by atoms with Crippen LogP contribution in [0, 0.1) is 0 Å². The van der Waals surface area contributed by atoms with E-state index in [1.807, 2.05) is 54.8 Å². The van der Waals surface area contributed by atoms with E-state index in [9.17, 15) is 14.4 Å². The van der Waals surface area contributed by atoms with Gasteiger partial charge in [-0.15, -0.1) is 0 Å². The second-order valence-corrected chi connectivity index (χ2v) is 10.1. The third-order valence-electron chi connectivity index (χ3n) is 6.63. The van der Waals surface area contributed by atoms with Crippen LogP contribution in [0.5, 0.6) is 11.5 Å². The number of hydrogen-bond donors (Lipinski definition) is 0. The molecule has 184 valence electrons. The van der Waals surface area contributed by atoms with Crippen LogP contribution >= 0.6 is 0 Å². The van der Waals surface area contributed by atoms with Crippen molar-refractivity contribution in [3.05, 3.63) is 54.1 Å². The number of urea groups is 1. The zero-order valence-electron chi connectivity index (χ0n) is 20.3. The lowest BCUT2D eigenvalue weighted by molar-refractivity contribution is 0.00838. The molecule has 9 nitrogen and oxygen atoms in total. The molecule has 1 spiro atoms. The summed E-state index contributed by atoms with van der Waals surface area (Å²) in [4.78, 5) is 42.9. The SMILES string of the molecule is COC(=O)c1ccc(Oc2ccc(N3C(=O)N4CCN(C(=O)OC(C)(C)C)CC45C[C@@H]35)cc2)cc1. The number of carbonyl (C=O) groups is 3. The van der Waals surface area contributed by atoms with Crippen molar-refractivity contribution in [1.29, 1.82) is 0 Å². The fourth-order valence-corrected chi connectivity index (χ4v) is 4.92. The number of benzene rings is 2. The van der Waals surface area contributed by atoms with Crippen LogP contribution in [-0.2, 0) is 9.47 Å². The first-order valence-electron chi connectivity index (χ1n) is 11.7. The summed E-state index contributed by atoms with van der Waals surface area (Å²) in [6.45, 7) is 7.00. The molecule has 5 rings (SSSR count). The number of amides is 3. The minimum Gasteiger partial charge on any atom is -0.465 e. The Hall–Kier alpha value is -3.75. The molecule has 9 heteroatoms. The smallest absolute Gasteiger partial charge is 0.410 e. The monoisotopic (exact) mass is 479 g/mol. The zero-order valence-corrected chi connectivity index (χ0v) is 20.3. The highest BCUT2D eigenvalue weighted by Gasteiger charge is 2.71. The predicted molar refractivity (Wildman–Crippen MR) is 128 cm³/mol. The van der Waals surface area contributed by atoms with E-state index >= 15 is 0 Å². The normalized spacial score (nSPS) is 22.9. The summed E-state index contributed by atoms with van der Waals surface area (Å²) in [5.74, 6) is 0.799. The molecule has 0 N–H and O–H groups in total. The Morgan fingerprint density at radius 1 is 0.971 bits per heavy atom. The number of piperazine rings is 1. The minimum atomic E-state index is -0.556. The van der Waals surface area contributed by atoms with Crippen molar-refractivity contribution < 1.29 is 28.6 Å². The lowest BCUT2D eigenvalue weighted by Gasteiger charge is -2.39. The van der Waals surface area contributed by atoms with Crippen molar-refractivity contribution in [3.63, 3.8) is 0 Å². The van der Waals surface area contributed by atoms with Gasteiger partial charge < -0.3 is 24.0 Å². The van der Waals surface area contributed by atoms with Crippen molar-refractivity contribution in [3.8, 4) is 11.5 Å². The summed E-state index contributed by atoms with van der Waals surface area (Å²) in [5.41, 5.74) is 0.342. The Balaban J connectivity index is 1.26. The van der Waals surface area contributed by atoms with Crippen LogP contribution in [0.2, 0.25) is 0 Å². The van der Waals surface area contributed by atoms with Gasteiger partial charge >= 0.3 is 18.1 Å². The molecule has 3 fully saturated rings. The molecule has 35 heavy (non-hydrogen) atoms. The number of rotatable bonds is 4. The Kier molecular flexibility index (Phi) is 5.38. The summed E-state index contributed by atoms with van der Waals surface area (Å²) in [6, 6.07) is 14.0. The standard InChI is InChI=1S/C26H29N3O6/c1-25(2,3)35-24(32)27-13-14-28-23(31)29(21-15-26(21,28)16-27)18-7-11-20(12-8-18)34-19-9-5-17(6-10-19)22(30)33-4/h5-12,21H,13-16H2,1-4H3/t21-,26?/m1/s1. The molecule has 3 aliphatic rings. The first-order chi connectivity index (χ1) is 16.6. The van der Waals surface area contributed by atoms with E-state index in [-0.39, 0.29) is 23.7 Å². The Morgan fingerprint density at radius 3 is 2.20 bits per heavy atom. The van der Waals surface area contributed by atoms with Crippen LogP contribution < -0.4 is 9.64 Å². The van der Waals surface area contributed by atoms with Crippen LogP contribution in [0.15, 0.2) is 48.5 Å². The molecule has 2 aliphatic heterocycles. The average molecular weight is 480 g/mol. The highest BCUT2D eigenvalue weighted by molar-refractivity contribution is 5.99. The van der Waals surface area contributed by atoms with Crippen molar-refractivity contribution in [2.75, 3.05) is 31.6 Å². The number of anilines is 1. The lowest BCUT2D eigenvalue weighted by atomic mass is 10.1. The molecule has 2 heterocycles. The zero-order chi connectivity index (χ0) is 25.0. The molecule has 3 amide bonds.